The number of carbonyl (C=O) groups excluding carboxylic acids is 1. The van der Waals surface area contributed by atoms with E-state index in [0.29, 0.717) is 29.4 Å². The molecule has 158 valence electrons. The van der Waals surface area contributed by atoms with E-state index in [1.54, 1.807) is 24.3 Å². The first-order valence-corrected chi connectivity index (χ1v) is 10.6. The number of ether oxygens (including phenoxy) is 3. The molecule has 5 rings (SSSR count). The van der Waals surface area contributed by atoms with Crippen LogP contribution >= 0.6 is 0 Å². The Morgan fingerprint density at radius 1 is 0.969 bits per heavy atom. The van der Waals surface area contributed by atoms with E-state index in [1.807, 2.05) is 79.7 Å². The van der Waals surface area contributed by atoms with Gasteiger partial charge in [0.05, 0.1) is 5.56 Å². The van der Waals surface area contributed by atoms with Crippen molar-refractivity contribution in [1.82, 2.24) is 0 Å². The average molecular weight is 422 g/mol. The number of allylic oxidation sites excluding steroid dienone is 1. The maximum Gasteiger partial charge on any atom is 0.231 e. The predicted octanol–water partition coefficient (Wildman–Crippen LogP) is 6.10. The molecule has 3 aromatic carbocycles. The van der Waals surface area contributed by atoms with Gasteiger partial charge < -0.3 is 14.2 Å². The third-order valence-electron chi connectivity index (χ3n) is 5.41. The van der Waals surface area contributed by atoms with Crippen LogP contribution in [0.3, 0.4) is 0 Å². The van der Waals surface area contributed by atoms with Crippen LogP contribution < -0.4 is 14.2 Å². The van der Waals surface area contributed by atoms with Crippen molar-refractivity contribution < 1.29 is 19.0 Å². The number of ketones is 1. The highest BCUT2D eigenvalue weighted by atomic mass is 16.5. The Kier molecular flexibility index (Phi) is 5.34. The molecule has 2 aliphatic rings. The standard InChI is InChI=1S/C28H22O4/c1-19-22(16-21-11-5-6-12-25(21)31-19)17-27-28(29)24-14-13-23(18-26(24)32-27)30-15-7-10-20-8-3-2-4-9-20/h2-14,16-19H,15H2,1H3/t19-/m1/s1. The number of benzene rings is 3. The quantitative estimate of drug-likeness (QED) is 0.466. The lowest BCUT2D eigenvalue weighted by molar-refractivity contribution is 0.101. The SMILES string of the molecule is C[C@H]1Oc2ccccc2C=C1C=C1Oc2cc(OCC=Cc3ccccc3)ccc2C1=O. The van der Waals surface area contributed by atoms with Crippen LogP contribution in [0.2, 0.25) is 0 Å². The normalized spacial score (nSPS) is 18.0. The largest absolute Gasteiger partial charge is 0.489 e. The van der Waals surface area contributed by atoms with Crippen LogP contribution in [-0.4, -0.2) is 18.5 Å². The molecule has 0 spiro atoms. The van der Waals surface area contributed by atoms with Gasteiger partial charge in [-0.05, 0) is 54.5 Å². The molecule has 32 heavy (non-hydrogen) atoms. The first-order chi connectivity index (χ1) is 15.7. The Balaban J connectivity index is 1.30. The Labute approximate surface area is 187 Å². The third kappa shape index (κ3) is 4.08. The van der Waals surface area contributed by atoms with Gasteiger partial charge in [-0.3, -0.25) is 4.79 Å². The summed E-state index contributed by atoms with van der Waals surface area (Å²) < 4.78 is 17.7. The van der Waals surface area contributed by atoms with E-state index >= 15 is 0 Å². The van der Waals surface area contributed by atoms with Gasteiger partial charge in [-0.15, -0.1) is 0 Å². The van der Waals surface area contributed by atoms with E-state index < -0.39 is 0 Å². The van der Waals surface area contributed by atoms with Gasteiger partial charge in [0.15, 0.2) is 5.76 Å². The van der Waals surface area contributed by atoms with Gasteiger partial charge in [0.25, 0.3) is 0 Å². The van der Waals surface area contributed by atoms with Crippen LogP contribution in [0.15, 0.2) is 96.3 Å². The van der Waals surface area contributed by atoms with Crippen molar-refractivity contribution in [2.24, 2.45) is 0 Å². The highest BCUT2D eigenvalue weighted by Crippen LogP contribution is 2.36. The second-order valence-electron chi connectivity index (χ2n) is 7.66. The summed E-state index contributed by atoms with van der Waals surface area (Å²) in [5.41, 5.74) is 3.53. The zero-order valence-corrected chi connectivity index (χ0v) is 17.7. The fourth-order valence-electron chi connectivity index (χ4n) is 3.72. The molecule has 2 heterocycles. The summed E-state index contributed by atoms with van der Waals surface area (Å²) in [7, 11) is 0. The Hall–Kier alpha value is -4.05. The number of fused-ring (bicyclic) bond motifs is 2. The average Bonchev–Trinajstić information content (AvgIpc) is 3.12. The molecule has 3 aromatic rings. The lowest BCUT2D eigenvalue weighted by Gasteiger charge is -2.22. The summed E-state index contributed by atoms with van der Waals surface area (Å²) in [6.07, 6.45) is 7.59. The van der Waals surface area contributed by atoms with E-state index in [0.717, 1.165) is 22.4 Å². The summed E-state index contributed by atoms with van der Waals surface area (Å²) in [6.45, 7) is 2.38. The second kappa shape index (κ2) is 8.60. The second-order valence-corrected chi connectivity index (χ2v) is 7.66. The first kappa shape index (κ1) is 19.9. The zero-order chi connectivity index (χ0) is 21.9. The molecule has 0 fully saturated rings. The molecule has 0 saturated carbocycles. The van der Waals surface area contributed by atoms with Gasteiger partial charge in [-0.1, -0.05) is 54.6 Å². The molecule has 0 aliphatic carbocycles. The topological polar surface area (TPSA) is 44.8 Å². The minimum atomic E-state index is -0.173. The molecule has 0 N–H and O–H groups in total. The molecular weight excluding hydrogens is 400 g/mol. The molecular formula is C28H22O4. The predicted molar refractivity (Wildman–Crippen MR) is 125 cm³/mol. The van der Waals surface area contributed by atoms with E-state index in [4.69, 9.17) is 14.2 Å². The summed E-state index contributed by atoms with van der Waals surface area (Å²) >= 11 is 0. The molecule has 0 saturated heterocycles. The van der Waals surface area contributed by atoms with E-state index in [2.05, 4.69) is 0 Å². The van der Waals surface area contributed by atoms with E-state index in [-0.39, 0.29) is 11.9 Å². The monoisotopic (exact) mass is 422 g/mol. The van der Waals surface area contributed by atoms with Gasteiger partial charge in [-0.2, -0.15) is 0 Å². The molecule has 0 aromatic heterocycles. The molecule has 0 radical (unpaired) electrons. The Morgan fingerprint density at radius 3 is 2.66 bits per heavy atom. The van der Waals surface area contributed by atoms with E-state index in [9.17, 15) is 4.79 Å². The third-order valence-corrected chi connectivity index (χ3v) is 5.41. The summed E-state index contributed by atoms with van der Waals surface area (Å²) in [5.74, 6) is 2.16. The van der Waals surface area contributed by atoms with Crippen molar-refractivity contribution in [3.8, 4) is 17.2 Å². The number of hydrogen-bond acceptors (Lipinski definition) is 4. The molecule has 4 nitrogen and oxygen atoms in total. The Morgan fingerprint density at radius 2 is 1.78 bits per heavy atom. The minimum Gasteiger partial charge on any atom is -0.489 e. The van der Waals surface area contributed by atoms with Gasteiger partial charge in [0.2, 0.25) is 5.78 Å². The van der Waals surface area contributed by atoms with E-state index in [1.165, 1.54) is 0 Å². The smallest absolute Gasteiger partial charge is 0.231 e. The number of hydrogen-bond donors (Lipinski definition) is 0. The number of Topliss-reactive ketones (excluding diaryl/α,β-unsaturated/α-hetero) is 1. The highest BCUT2D eigenvalue weighted by molar-refractivity contribution is 6.12. The van der Waals surface area contributed by atoms with Crippen molar-refractivity contribution >= 4 is 17.9 Å². The van der Waals surface area contributed by atoms with Crippen molar-refractivity contribution in [2.45, 2.75) is 13.0 Å². The summed E-state index contributed by atoms with van der Waals surface area (Å²) in [6, 6.07) is 23.2. The molecule has 0 unspecified atom stereocenters. The highest BCUT2D eigenvalue weighted by Gasteiger charge is 2.29. The van der Waals surface area contributed by atoms with Crippen LogP contribution in [0.5, 0.6) is 17.2 Å². The molecule has 0 bridgehead atoms. The van der Waals surface area contributed by atoms with Crippen LogP contribution in [0.1, 0.15) is 28.4 Å². The summed E-state index contributed by atoms with van der Waals surface area (Å²) in [4.78, 5) is 12.8. The van der Waals surface area contributed by atoms with Gasteiger partial charge in [-0.25, -0.2) is 0 Å². The fourth-order valence-corrected chi connectivity index (χ4v) is 3.72. The van der Waals surface area contributed by atoms with Crippen molar-refractivity contribution in [2.75, 3.05) is 6.61 Å². The van der Waals surface area contributed by atoms with Gasteiger partial charge in [0.1, 0.15) is 30.0 Å². The molecule has 0 amide bonds. The number of carbonyl (C=O) groups is 1. The van der Waals surface area contributed by atoms with Crippen LogP contribution in [0.25, 0.3) is 12.2 Å². The number of rotatable bonds is 5. The van der Waals surface area contributed by atoms with Crippen LogP contribution in [0.4, 0.5) is 0 Å². The summed E-state index contributed by atoms with van der Waals surface area (Å²) in [5, 5.41) is 0. The fraction of sp³-hybridized carbons (Fsp3) is 0.107. The van der Waals surface area contributed by atoms with Crippen molar-refractivity contribution in [3.63, 3.8) is 0 Å². The van der Waals surface area contributed by atoms with Crippen LogP contribution in [0, 0.1) is 0 Å². The van der Waals surface area contributed by atoms with Crippen LogP contribution in [-0.2, 0) is 0 Å². The maximum absolute atomic E-state index is 12.8. The number of para-hydroxylation sites is 1. The van der Waals surface area contributed by atoms with Crippen molar-refractivity contribution in [3.05, 3.63) is 113 Å². The maximum atomic E-state index is 12.8. The molecule has 4 heteroatoms. The molecule has 2 aliphatic heterocycles. The molecule has 1 atom stereocenters. The Bertz CT molecular complexity index is 1250. The lowest BCUT2D eigenvalue weighted by Crippen LogP contribution is -2.18. The van der Waals surface area contributed by atoms with Gasteiger partial charge >= 0.3 is 0 Å². The van der Waals surface area contributed by atoms with Crippen molar-refractivity contribution in [1.29, 1.82) is 0 Å². The zero-order valence-electron chi connectivity index (χ0n) is 17.7. The first-order valence-electron chi connectivity index (χ1n) is 10.6. The lowest BCUT2D eigenvalue weighted by atomic mass is 10.0. The minimum absolute atomic E-state index is 0.137. The van der Waals surface area contributed by atoms with Gasteiger partial charge in [0, 0.05) is 11.6 Å².